The van der Waals surface area contributed by atoms with E-state index in [0.717, 1.165) is 16.3 Å². The molecule has 0 saturated carbocycles. The van der Waals surface area contributed by atoms with Crippen LogP contribution in [-0.2, 0) is 9.59 Å². The number of imide groups is 1. The Bertz CT molecular complexity index is 486. The van der Waals surface area contributed by atoms with E-state index in [9.17, 15) is 14.4 Å². The second kappa shape index (κ2) is 4.16. The number of rotatable bonds is 3. The zero-order chi connectivity index (χ0) is 12.6. The Morgan fingerprint density at radius 3 is 2.35 bits per heavy atom. The monoisotopic (exact) mass is 234 g/mol. The molecule has 17 heavy (non-hydrogen) atoms. The van der Waals surface area contributed by atoms with Crippen LogP contribution in [0.15, 0.2) is 6.07 Å². The lowest BCUT2D eigenvalue weighted by Crippen LogP contribution is -2.34. The summed E-state index contributed by atoms with van der Waals surface area (Å²) >= 11 is 0. The van der Waals surface area contributed by atoms with Crippen LogP contribution < -0.4 is 0 Å². The van der Waals surface area contributed by atoms with Crippen LogP contribution in [0.25, 0.3) is 0 Å². The predicted octanol–water partition coefficient (Wildman–Crippen LogP) is 0.963. The lowest BCUT2D eigenvalue weighted by molar-refractivity contribution is -0.137. The number of H-pyrrole nitrogens is 1. The summed E-state index contributed by atoms with van der Waals surface area (Å²) in [4.78, 5) is 38.8. The number of hydrogen-bond donors (Lipinski definition) is 1. The molecule has 90 valence electrons. The molecule has 1 aromatic rings. The largest absolute Gasteiger partial charge is 0.362 e. The van der Waals surface area contributed by atoms with Gasteiger partial charge in [0.05, 0.1) is 6.54 Å². The van der Waals surface area contributed by atoms with E-state index in [4.69, 9.17) is 0 Å². The van der Waals surface area contributed by atoms with Crippen molar-refractivity contribution in [3.8, 4) is 0 Å². The topological polar surface area (TPSA) is 70.2 Å². The third-order valence-corrected chi connectivity index (χ3v) is 2.91. The second-order valence-corrected chi connectivity index (χ2v) is 4.29. The Balaban J connectivity index is 2.14. The number of likely N-dealkylation sites (tertiary alicyclic amines) is 1. The maximum absolute atomic E-state index is 12.0. The summed E-state index contributed by atoms with van der Waals surface area (Å²) in [7, 11) is 0. The number of ketones is 1. The van der Waals surface area contributed by atoms with Gasteiger partial charge in [0, 0.05) is 29.8 Å². The molecule has 2 rings (SSSR count). The average Bonchev–Trinajstić information content (AvgIpc) is 2.74. The van der Waals surface area contributed by atoms with Gasteiger partial charge in [-0.2, -0.15) is 0 Å². The molecule has 0 radical (unpaired) electrons. The predicted molar refractivity (Wildman–Crippen MR) is 60.6 cm³/mol. The summed E-state index contributed by atoms with van der Waals surface area (Å²) in [6.07, 6.45) is 0.439. The average molecular weight is 234 g/mol. The SMILES string of the molecule is Cc1cc(C(=O)CN2C(=O)CCC2=O)c(C)[nH]1. The normalized spacial score (nSPS) is 15.8. The number of aromatic amines is 1. The van der Waals surface area contributed by atoms with Gasteiger partial charge < -0.3 is 4.98 Å². The highest BCUT2D eigenvalue weighted by Gasteiger charge is 2.31. The Hall–Kier alpha value is -1.91. The van der Waals surface area contributed by atoms with E-state index in [-0.39, 0.29) is 37.0 Å². The fourth-order valence-corrected chi connectivity index (χ4v) is 2.04. The van der Waals surface area contributed by atoms with Crippen molar-refractivity contribution in [2.24, 2.45) is 0 Å². The molecule has 5 heteroatoms. The third-order valence-electron chi connectivity index (χ3n) is 2.91. The number of Topliss-reactive ketones (excluding diaryl/α,β-unsaturated/α-hetero) is 1. The fraction of sp³-hybridized carbons (Fsp3) is 0.417. The zero-order valence-electron chi connectivity index (χ0n) is 9.87. The number of aromatic nitrogens is 1. The number of amides is 2. The van der Waals surface area contributed by atoms with Crippen LogP contribution in [0.5, 0.6) is 0 Å². The lowest BCUT2D eigenvalue weighted by atomic mass is 10.1. The van der Waals surface area contributed by atoms with Crippen LogP contribution in [0.1, 0.15) is 34.6 Å². The van der Waals surface area contributed by atoms with Gasteiger partial charge in [0.1, 0.15) is 0 Å². The van der Waals surface area contributed by atoms with Crippen molar-refractivity contribution in [3.05, 3.63) is 23.0 Å². The Morgan fingerprint density at radius 2 is 1.88 bits per heavy atom. The summed E-state index contributed by atoms with van der Waals surface area (Å²) < 4.78 is 0. The molecular weight excluding hydrogens is 220 g/mol. The van der Waals surface area contributed by atoms with Gasteiger partial charge in [-0.3, -0.25) is 19.3 Å². The minimum atomic E-state index is -0.256. The van der Waals surface area contributed by atoms with Crippen molar-refractivity contribution >= 4 is 17.6 Å². The maximum Gasteiger partial charge on any atom is 0.230 e. The molecule has 1 fully saturated rings. The van der Waals surface area contributed by atoms with E-state index in [0.29, 0.717) is 5.56 Å². The molecule has 0 atom stereocenters. The summed E-state index contributed by atoms with van der Waals surface area (Å²) in [6.45, 7) is 3.51. The van der Waals surface area contributed by atoms with E-state index in [1.807, 2.05) is 6.92 Å². The first-order valence-corrected chi connectivity index (χ1v) is 5.51. The maximum atomic E-state index is 12.0. The van der Waals surface area contributed by atoms with E-state index < -0.39 is 0 Å². The molecule has 0 aliphatic carbocycles. The van der Waals surface area contributed by atoms with Gasteiger partial charge in [-0.15, -0.1) is 0 Å². The highest BCUT2D eigenvalue weighted by atomic mass is 16.2. The fourth-order valence-electron chi connectivity index (χ4n) is 2.04. The quantitative estimate of drug-likeness (QED) is 0.625. The summed E-state index contributed by atoms with van der Waals surface area (Å²) in [6, 6.07) is 1.74. The minimum Gasteiger partial charge on any atom is -0.362 e. The summed E-state index contributed by atoms with van der Waals surface area (Å²) in [5.41, 5.74) is 2.21. The van der Waals surface area contributed by atoms with Gasteiger partial charge in [-0.05, 0) is 19.9 Å². The van der Waals surface area contributed by atoms with Crippen LogP contribution >= 0.6 is 0 Å². The van der Waals surface area contributed by atoms with E-state index in [1.165, 1.54) is 0 Å². The molecule has 0 aromatic carbocycles. The number of nitrogens with one attached hydrogen (secondary N) is 1. The van der Waals surface area contributed by atoms with Crippen molar-refractivity contribution in [2.45, 2.75) is 26.7 Å². The number of nitrogens with zero attached hydrogens (tertiary/aromatic N) is 1. The summed E-state index contributed by atoms with van der Waals surface area (Å²) in [5, 5.41) is 0. The number of carbonyl (C=O) groups excluding carboxylic acids is 3. The lowest BCUT2D eigenvalue weighted by Gasteiger charge is -2.12. The van der Waals surface area contributed by atoms with E-state index in [1.54, 1.807) is 13.0 Å². The summed E-state index contributed by atoms with van der Waals surface area (Å²) in [5.74, 6) is -0.711. The van der Waals surface area contributed by atoms with Gasteiger partial charge in [0.25, 0.3) is 0 Å². The second-order valence-electron chi connectivity index (χ2n) is 4.29. The third kappa shape index (κ3) is 2.13. The van der Waals surface area contributed by atoms with Crippen LogP contribution in [0.3, 0.4) is 0 Å². The van der Waals surface area contributed by atoms with E-state index in [2.05, 4.69) is 4.98 Å². The standard InChI is InChI=1S/C12H14N2O3/c1-7-5-9(8(2)13-7)10(15)6-14-11(16)3-4-12(14)17/h5,13H,3-4,6H2,1-2H3. The van der Waals surface area contributed by atoms with Crippen molar-refractivity contribution in [2.75, 3.05) is 6.54 Å². The molecule has 1 aromatic heterocycles. The zero-order valence-corrected chi connectivity index (χ0v) is 9.87. The first kappa shape index (κ1) is 11.6. The molecule has 1 aliphatic rings. The highest BCUT2D eigenvalue weighted by Crippen LogP contribution is 2.15. The smallest absolute Gasteiger partial charge is 0.230 e. The molecule has 1 N–H and O–H groups in total. The van der Waals surface area contributed by atoms with Gasteiger partial charge in [-0.1, -0.05) is 0 Å². The molecule has 2 heterocycles. The van der Waals surface area contributed by atoms with Crippen molar-refractivity contribution in [1.82, 2.24) is 9.88 Å². The first-order valence-electron chi connectivity index (χ1n) is 5.51. The van der Waals surface area contributed by atoms with Gasteiger partial charge in [0.2, 0.25) is 11.8 Å². The van der Waals surface area contributed by atoms with Gasteiger partial charge >= 0.3 is 0 Å². The molecule has 0 bridgehead atoms. The van der Waals surface area contributed by atoms with Crippen molar-refractivity contribution in [1.29, 1.82) is 0 Å². The van der Waals surface area contributed by atoms with E-state index >= 15 is 0 Å². The first-order chi connectivity index (χ1) is 7.99. The molecule has 2 amide bonds. The highest BCUT2D eigenvalue weighted by molar-refractivity contribution is 6.08. The minimum absolute atomic E-state index is 0.143. The molecular formula is C12H14N2O3. The Labute approximate surface area is 98.8 Å². The van der Waals surface area contributed by atoms with Crippen molar-refractivity contribution in [3.63, 3.8) is 0 Å². The number of hydrogen-bond acceptors (Lipinski definition) is 3. The van der Waals surface area contributed by atoms with Crippen LogP contribution in [-0.4, -0.2) is 34.0 Å². The molecule has 5 nitrogen and oxygen atoms in total. The van der Waals surface area contributed by atoms with Gasteiger partial charge in [-0.25, -0.2) is 0 Å². The van der Waals surface area contributed by atoms with Crippen molar-refractivity contribution < 1.29 is 14.4 Å². The molecule has 1 saturated heterocycles. The number of carbonyl (C=O) groups is 3. The molecule has 0 spiro atoms. The Kier molecular flexibility index (Phi) is 2.83. The van der Waals surface area contributed by atoms with Crippen LogP contribution in [0.2, 0.25) is 0 Å². The molecule has 0 unspecified atom stereocenters. The van der Waals surface area contributed by atoms with Crippen LogP contribution in [0.4, 0.5) is 0 Å². The van der Waals surface area contributed by atoms with Gasteiger partial charge in [0.15, 0.2) is 5.78 Å². The number of aryl methyl sites for hydroxylation is 2. The molecule has 1 aliphatic heterocycles. The Morgan fingerprint density at radius 1 is 1.29 bits per heavy atom. The van der Waals surface area contributed by atoms with Crippen LogP contribution in [0, 0.1) is 13.8 Å².